The molecule has 1 atom stereocenters. The number of hydrogen-bond acceptors (Lipinski definition) is 5. The van der Waals surface area contributed by atoms with E-state index in [9.17, 15) is 9.18 Å². The number of aromatic nitrogens is 1. The Kier molecular flexibility index (Phi) is 6.87. The molecule has 0 saturated carbocycles. The highest BCUT2D eigenvalue weighted by molar-refractivity contribution is 5.96. The number of halogens is 1. The van der Waals surface area contributed by atoms with Gasteiger partial charge in [-0.05, 0) is 73.0 Å². The van der Waals surface area contributed by atoms with E-state index in [1.54, 1.807) is 45.4 Å². The number of methoxy groups -OCH3 is 2. The van der Waals surface area contributed by atoms with Crippen molar-refractivity contribution in [2.75, 3.05) is 14.2 Å². The first kappa shape index (κ1) is 22.2. The van der Waals surface area contributed by atoms with Crippen LogP contribution in [0.2, 0.25) is 0 Å². The number of nitrogens with two attached hydrogens (primary N) is 1. The highest BCUT2D eigenvalue weighted by atomic mass is 19.1. The molecule has 1 amide bonds. The van der Waals surface area contributed by atoms with E-state index in [0.717, 1.165) is 22.3 Å². The number of nitrogens with zero attached hydrogens (tertiary/aromatic N) is 1. The first-order valence-corrected chi connectivity index (χ1v) is 9.86. The van der Waals surface area contributed by atoms with Crippen molar-refractivity contribution in [2.45, 2.75) is 26.4 Å². The molecular weight excluding hydrogens is 397 g/mol. The van der Waals surface area contributed by atoms with Crippen LogP contribution >= 0.6 is 0 Å². The van der Waals surface area contributed by atoms with E-state index in [-0.39, 0.29) is 18.5 Å². The molecule has 7 heteroatoms. The van der Waals surface area contributed by atoms with Gasteiger partial charge in [-0.15, -0.1) is 0 Å². The molecule has 3 rings (SSSR count). The zero-order valence-electron chi connectivity index (χ0n) is 18.0. The number of carbonyl (C=O) groups is 1. The van der Waals surface area contributed by atoms with Crippen LogP contribution in [0.25, 0.3) is 11.1 Å². The van der Waals surface area contributed by atoms with Crippen molar-refractivity contribution < 1.29 is 18.7 Å². The average molecular weight is 423 g/mol. The lowest BCUT2D eigenvalue weighted by Crippen LogP contribution is -2.27. The zero-order valence-corrected chi connectivity index (χ0v) is 18.0. The molecule has 0 radical (unpaired) electrons. The minimum absolute atomic E-state index is 0.251. The molecule has 1 unspecified atom stereocenters. The lowest BCUT2D eigenvalue weighted by atomic mass is 9.98. The zero-order chi connectivity index (χ0) is 22.5. The molecule has 1 aromatic heterocycles. The number of pyridine rings is 1. The number of ether oxygens (including phenoxy) is 2. The van der Waals surface area contributed by atoms with Crippen molar-refractivity contribution in [3.05, 3.63) is 76.9 Å². The fourth-order valence-electron chi connectivity index (χ4n) is 3.37. The molecule has 6 nitrogen and oxygen atoms in total. The second-order valence-corrected chi connectivity index (χ2v) is 7.23. The Morgan fingerprint density at radius 2 is 1.77 bits per heavy atom. The summed E-state index contributed by atoms with van der Waals surface area (Å²) in [5.41, 5.74) is 9.99. The van der Waals surface area contributed by atoms with E-state index in [1.807, 2.05) is 25.1 Å². The van der Waals surface area contributed by atoms with Crippen LogP contribution in [0.4, 0.5) is 4.39 Å². The molecule has 3 aromatic rings. The Balaban J connectivity index is 1.91. The van der Waals surface area contributed by atoms with Crippen LogP contribution in [-0.4, -0.2) is 25.1 Å². The first-order valence-electron chi connectivity index (χ1n) is 9.86. The second kappa shape index (κ2) is 9.57. The van der Waals surface area contributed by atoms with E-state index in [2.05, 4.69) is 10.3 Å². The van der Waals surface area contributed by atoms with Crippen LogP contribution in [0.15, 0.2) is 48.5 Å². The molecule has 0 saturated heterocycles. The SMILES string of the molecule is COc1cc(OC)cc(C(C)NC(=O)c2cc(CN)cc(-c3ccc(F)nc3C)c2)c1. The maximum Gasteiger partial charge on any atom is 0.251 e. The lowest BCUT2D eigenvalue weighted by Gasteiger charge is -2.17. The number of rotatable bonds is 7. The maximum absolute atomic E-state index is 13.4. The van der Waals surface area contributed by atoms with Crippen LogP contribution in [0, 0.1) is 12.9 Å². The first-order chi connectivity index (χ1) is 14.8. The van der Waals surface area contributed by atoms with Gasteiger partial charge in [0.15, 0.2) is 0 Å². The van der Waals surface area contributed by atoms with Crippen LogP contribution in [0.3, 0.4) is 0 Å². The molecule has 162 valence electrons. The Morgan fingerprint density at radius 1 is 1.10 bits per heavy atom. The highest BCUT2D eigenvalue weighted by Gasteiger charge is 2.16. The molecule has 3 N–H and O–H groups in total. The molecular formula is C24H26FN3O3. The van der Waals surface area contributed by atoms with Gasteiger partial charge in [0.1, 0.15) is 11.5 Å². The standard InChI is InChI=1S/C24H26FN3O3/c1-14(17-10-20(30-3)12-21(11-17)31-4)28-24(29)19-8-16(13-26)7-18(9-19)22-5-6-23(25)27-15(22)2/h5-12,14H,13,26H2,1-4H3,(H,28,29). The fraction of sp³-hybridized carbons (Fsp3) is 0.250. The average Bonchev–Trinajstić information content (AvgIpc) is 2.78. The van der Waals surface area contributed by atoms with E-state index in [1.165, 1.54) is 6.07 Å². The molecule has 31 heavy (non-hydrogen) atoms. The van der Waals surface area contributed by atoms with E-state index in [4.69, 9.17) is 15.2 Å². The summed E-state index contributed by atoms with van der Waals surface area (Å²) in [6, 6.07) is 13.5. The van der Waals surface area contributed by atoms with Crippen molar-refractivity contribution in [2.24, 2.45) is 5.73 Å². The van der Waals surface area contributed by atoms with Gasteiger partial charge >= 0.3 is 0 Å². The normalized spacial score (nSPS) is 11.7. The molecule has 0 aliphatic carbocycles. The molecule has 1 heterocycles. The number of benzene rings is 2. The van der Waals surface area contributed by atoms with Gasteiger partial charge in [-0.25, -0.2) is 4.98 Å². The second-order valence-electron chi connectivity index (χ2n) is 7.23. The monoisotopic (exact) mass is 423 g/mol. The number of carbonyl (C=O) groups excluding carboxylic acids is 1. The topological polar surface area (TPSA) is 86.5 Å². The van der Waals surface area contributed by atoms with Crippen molar-refractivity contribution in [3.8, 4) is 22.6 Å². The fourth-order valence-corrected chi connectivity index (χ4v) is 3.37. The molecule has 0 aliphatic rings. The third-order valence-corrected chi connectivity index (χ3v) is 5.07. The minimum atomic E-state index is -0.545. The molecule has 2 aromatic carbocycles. The summed E-state index contributed by atoms with van der Waals surface area (Å²) in [4.78, 5) is 16.9. The van der Waals surface area contributed by atoms with Crippen LogP contribution in [0.1, 0.15) is 40.1 Å². The number of hydrogen-bond donors (Lipinski definition) is 2. The maximum atomic E-state index is 13.4. The van der Waals surface area contributed by atoms with Gasteiger partial charge < -0.3 is 20.5 Å². The summed E-state index contributed by atoms with van der Waals surface area (Å²) in [7, 11) is 3.15. The Hall–Kier alpha value is -3.45. The van der Waals surface area contributed by atoms with Crippen LogP contribution in [0.5, 0.6) is 11.5 Å². The van der Waals surface area contributed by atoms with Crippen molar-refractivity contribution in [1.82, 2.24) is 10.3 Å². The van der Waals surface area contributed by atoms with Gasteiger partial charge in [0.25, 0.3) is 5.91 Å². The van der Waals surface area contributed by atoms with Crippen molar-refractivity contribution >= 4 is 5.91 Å². The summed E-state index contributed by atoms with van der Waals surface area (Å²) in [6.07, 6.45) is 0. The molecule has 0 bridgehead atoms. The van der Waals surface area contributed by atoms with Crippen molar-refractivity contribution in [1.29, 1.82) is 0 Å². The van der Waals surface area contributed by atoms with Gasteiger partial charge in [0, 0.05) is 29.4 Å². The lowest BCUT2D eigenvalue weighted by molar-refractivity contribution is 0.0939. The predicted molar refractivity (Wildman–Crippen MR) is 118 cm³/mol. The van der Waals surface area contributed by atoms with Crippen LogP contribution in [-0.2, 0) is 6.54 Å². The summed E-state index contributed by atoms with van der Waals surface area (Å²) >= 11 is 0. The predicted octanol–water partition coefficient (Wildman–Crippen LogP) is 4.16. The molecule has 0 aliphatic heterocycles. The highest BCUT2D eigenvalue weighted by Crippen LogP contribution is 2.28. The molecule has 0 spiro atoms. The van der Waals surface area contributed by atoms with E-state index in [0.29, 0.717) is 22.8 Å². The van der Waals surface area contributed by atoms with Gasteiger partial charge in [0.2, 0.25) is 5.95 Å². The van der Waals surface area contributed by atoms with E-state index >= 15 is 0 Å². The van der Waals surface area contributed by atoms with Gasteiger partial charge in [-0.1, -0.05) is 0 Å². The summed E-state index contributed by atoms with van der Waals surface area (Å²) < 4.78 is 24.0. The third kappa shape index (κ3) is 5.19. The van der Waals surface area contributed by atoms with Crippen LogP contribution < -0.4 is 20.5 Å². The summed E-state index contributed by atoms with van der Waals surface area (Å²) in [6.45, 7) is 3.88. The number of amides is 1. The summed E-state index contributed by atoms with van der Waals surface area (Å²) in [5.74, 6) is 0.486. The largest absolute Gasteiger partial charge is 0.497 e. The number of aryl methyl sites for hydroxylation is 1. The van der Waals surface area contributed by atoms with Crippen molar-refractivity contribution in [3.63, 3.8) is 0 Å². The van der Waals surface area contributed by atoms with E-state index < -0.39 is 5.95 Å². The Labute approximate surface area is 181 Å². The summed E-state index contributed by atoms with van der Waals surface area (Å²) in [5, 5.41) is 3.00. The quantitative estimate of drug-likeness (QED) is 0.557. The Morgan fingerprint density at radius 3 is 2.35 bits per heavy atom. The van der Waals surface area contributed by atoms with Gasteiger partial charge in [-0.3, -0.25) is 4.79 Å². The minimum Gasteiger partial charge on any atom is -0.497 e. The molecule has 0 fully saturated rings. The number of nitrogens with one attached hydrogen (secondary N) is 1. The van der Waals surface area contributed by atoms with Gasteiger partial charge in [-0.2, -0.15) is 4.39 Å². The smallest absolute Gasteiger partial charge is 0.251 e. The van der Waals surface area contributed by atoms with Gasteiger partial charge in [0.05, 0.1) is 20.3 Å². The Bertz CT molecular complexity index is 1080. The third-order valence-electron chi connectivity index (χ3n) is 5.07.